The number of ether oxygens (including phenoxy) is 1. The van der Waals surface area contributed by atoms with Gasteiger partial charge in [0.25, 0.3) is 11.8 Å². The molecular formula is C30H29BrN6O3S. The molecule has 1 aromatic heterocycles. The summed E-state index contributed by atoms with van der Waals surface area (Å²) in [6.07, 6.45) is 0.627. The number of rotatable bonds is 9. The van der Waals surface area contributed by atoms with Crippen LogP contribution in [0.15, 0.2) is 87.5 Å². The van der Waals surface area contributed by atoms with Crippen molar-refractivity contribution in [3.8, 4) is 5.75 Å². The Morgan fingerprint density at radius 1 is 1.07 bits per heavy atom. The fourth-order valence-electron chi connectivity index (χ4n) is 4.45. The number of thioether (sulfide) groups is 1. The average Bonchev–Trinajstić information content (AvgIpc) is 3.59. The lowest BCUT2D eigenvalue weighted by molar-refractivity contribution is -0.130. The highest BCUT2D eigenvalue weighted by Gasteiger charge is 2.33. The molecule has 5 rings (SSSR count). The van der Waals surface area contributed by atoms with Crippen LogP contribution in [0.5, 0.6) is 5.75 Å². The molecule has 0 saturated heterocycles. The number of nitrogens with zero attached hydrogens (tertiary/aromatic N) is 5. The number of carbonyl (C=O) groups excluding carboxylic acids is 2. The van der Waals surface area contributed by atoms with Crippen LogP contribution in [-0.2, 0) is 18.4 Å². The molecule has 1 atom stereocenters. The average molecular weight is 634 g/mol. The quantitative estimate of drug-likeness (QED) is 0.251. The zero-order chi connectivity index (χ0) is 28.9. The molecule has 2 heterocycles. The van der Waals surface area contributed by atoms with Gasteiger partial charge >= 0.3 is 0 Å². The fourth-order valence-corrected chi connectivity index (χ4v) is 5.49. The molecule has 0 fully saturated rings. The van der Waals surface area contributed by atoms with Crippen molar-refractivity contribution in [1.82, 2.24) is 25.1 Å². The SMILES string of the molecule is COc1cccc(C(=O)NCc2nnc(SCC(=O)N3N=C(c4ccc(Br)cc4)C[C@@H]3c3ccc(C)cc3)n2C)c1. The molecule has 41 heavy (non-hydrogen) atoms. The number of methoxy groups -OCH3 is 1. The summed E-state index contributed by atoms with van der Waals surface area (Å²) in [7, 11) is 3.37. The predicted molar refractivity (Wildman–Crippen MR) is 162 cm³/mol. The van der Waals surface area contributed by atoms with Gasteiger partial charge in [0.05, 0.1) is 31.2 Å². The number of aryl methyl sites for hydroxylation is 1. The van der Waals surface area contributed by atoms with E-state index < -0.39 is 0 Å². The maximum absolute atomic E-state index is 13.5. The minimum Gasteiger partial charge on any atom is -0.497 e. The van der Waals surface area contributed by atoms with Crippen molar-refractivity contribution in [2.45, 2.75) is 31.1 Å². The molecule has 0 aliphatic carbocycles. The third-order valence-corrected chi connectivity index (χ3v) is 8.33. The monoisotopic (exact) mass is 632 g/mol. The van der Waals surface area contributed by atoms with Gasteiger partial charge in [0.2, 0.25) is 0 Å². The fraction of sp³-hybridized carbons (Fsp3) is 0.233. The van der Waals surface area contributed by atoms with Crippen LogP contribution >= 0.6 is 27.7 Å². The minimum atomic E-state index is -0.244. The molecule has 2 amide bonds. The van der Waals surface area contributed by atoms with E-state index in [1.807, 2.05) is 38.2 Å². The lowest BCUT2D eigenvalue weighted by Gasteiger charge is -2.22. The van der Waals surface area contributed by atoms with Crippen LogP contribution in [0.1, 0.15) is 45.3 Å². The molecule has 4 aromatic rings. The van der Waals surface area contributed by atoms with Crippen LogP contribution in [0.4, 0.5) is 0 Å². The van der Waals surface area contributed by atoms with Crippen LogP contribution < -0.4 is 10.1 Å². The number of nitrogens with one attached hydrogen (secondary N) is 1. The van der Waals surface area contributed by atoms with E-state index in [4.69, 9.17) is 9.84 Å². The van der Waals surface area contributed by atoms with E-state index in [9.17, 15) is 9.59 Å². The van der Waals surface area contributed by atoms with E-state index in [2.05, 4.69) is 55.7 Å². The molecule has 1 N–H and O–H groups in total. The Balaban J connectivity index is 1.26. The van der Waals surface area contributed by atoms with Gasteiger partial charge in [-0.15, -0.1) is 10.2 Å². The van der Waals surface area contributed by atoms with E-state index in [0.717, 1.165) is 26.9 Å². The molecule has 0 bridgehead atoms. The molecule has 1 aliphatic heterocycles. The van der Waals surface area contributed by atoms with Crippen molar-refractivity contribution in [3.63, 3.8) is 0 Å². The van der Waals surface area contributed by atoms with Crippen molar-refractivity contribution in [2.24, 2.45) is 12.1 Å². The van der Waals surface area contributed by atoms with Gasteiger partial charge in [-0.3, -0.25) is 9.59 Å². The first-order valence-electron chi connectivity index (χ1n) is 13.0. The number of amides is 2. The molecule has 3 aromatic carbocycles. The number of hydrogen-bond acceptors (Lipinski definition) is 7. The van der Waals surface area contributed by atoms with Crippen molar-refractivity contribution in [1.29, 1.82) is 0 Å². The molecular weight excluding hydrogens is 604 g/mol. The standard InChI is InChI=1S/C30H29BrN6O3S/c1-19-7-9-21(10-8-19)26-16-25(20-11-13-23(31)14-12-20)35-37(26)28(38)18-41-30-34-33-27(36(30)2)17-32-29(39)22-5-4-6-24(15-22)40-3/h4-15,26H,16-18H2,1-3H3,(H,32,39)/t26-/m1/s1. The third-order valence-electron chi connectivity index (χ3n) is 6.79. The van der Waals surface area contributed by atoms with Gasteiger partial charge in [0.1, 0.15) is 5.75 Å². The van der Waals surface area contributed by atoms with Gasteiger partial charge < -0.3 is 14.6 Å². The Morgan fingerprint density at radius 3 is 2.56 bits per heavy atom. The predicted octanol–water partition coefficient (Wildman–Crippen LogP) is 5.29. The summed E-state index contributed by atoms with van der Waals surface area (Å²) >= 11 is 4.77. The highest BCUT2D eigenvalue weighted by atomic mass is 79.9. The minimum absolute atomic E-state index is 0.122. The summed E-state index contributed by atoms with van der Waals surface area (Å²) in [6, 6.07) is 22.9. The lowest BCUT2D eigenvalue weighted by atomic mass is 9.98. The number of halogens is 1. The van der Waals surface area contributed by atoms with Gasteiger partial charge in [-0.1, -0.05) is 75.7 Å². The van der Waals surface area contributed by atoms with E-state index in [0.29, 0.717) is 28.7 Å². The van der Waals surface area contributed by atoms with Gasteiger partial charge in [-0.25, -0.2) is 5.01 Å². The molecule has 9 nitrogen and oxygen atoms in total. The summed E-state index contributed by atoms with van der Waals surface area (Å²) in [5, 5.41) is 18.3. The van der Waals surface area contributed by atoms with Crippen molar-refractivity contribution in [2.75, 3.05) is 12.9 Å². The van der Waals surface area contributed by atoms with Crippen LogP contribution in [0.3, 0.4) is 0 Å². The van der Waals surface area contributed by atoms with Gasteiger partial charge in [-0.2, -0.15) is 5.10 Å². The maximum Gasteiger partial charge on any atom is 0.253 e. The van der Waals surface area contributed by atoms with Crippen LogP contribution in [0.2, 0.25) is 0 Å². The summed E-state index contributed by atoms with van der Waals surface area (Å²) in [5.74, 6) is 0.957. The van der Waals surface area contributed by atoms with Crippen LogP contribution in [-0.4, -0.2) is 50.2 Å². The number of benzene rings is 3. The second-order valence-corrected chi connectivity index (χ2v) is 11.4. The van der Waals surface area contributed by atoms with Crippen molar-refractivity contribution in [3.05, 3.63) is 105 Å². The normalized spacial score (nSPS) is 14.6. The maximum atomic E-state index is 13.5. The van der Waals surface area contributed by atoms with Crippen molar-refractivity contribution < 1.29 is 14.3 Å². The summed E-state index contributed by atoms with van der Waals surface area (Å²) in [6.45, 7) is 2.23. The highest BCUT2D eigenvalue weighted by molar-refractivity contribution is 9.10. The van der Waals surface area contributed by atoms with E-state index in [1.54, 1.807) is 41.0 Å². The molecule has 0 spiro atoms. The smallest absolute Gasteiger partial charge is 0.253 e. The Morgan fingerprint density at radius 2 is 1.83 bits per heavy atom. The molecule has 1 aliphatic rings. The first kappa shape index (κ1) is 28.6. The zero-order valence-corrected chi connectivity index (χ0v) is 25.3. The molecule has 210 valence electrons. The summed E-state index contributed by atoms with van der Waals surface area (Å²) in [4.78, 5) is 26.1. The summed E-state index contributed by atoms with van der Waals surface area (Å²) in [5.41, 5.74) is 4.55. The first-order chi connectivity index (χ1) is 19.8. The summed E-state index contributed by atoms with van der Waals surface area (Å²) < 4.78 is 7.96. The van der Waals surface area contributed by atoms with Crippen molar-refractivity contribution >= 4 is 45.2 Å². The van der Waals surface area contributed by atoms with Crippen LogP contribution in [0.25, 0.3) is 0 Å². The van der Waals surface area contributed by atoms with E-state index in [-0.39, 0.29) is 30.2 Å². The Kier molecular flexibility index (Phi) is 8.84. The van der Waals surface area contributed by atoms with E-state index >= 15 is 0 Å². The Bertz CT molecular complexity index is 1590. The highest BCUT2D eigenvalue weighted by Crippen LogP contribution is 2.34. The topological polar surface area (TPSA) is 102 Å². The number of aromatic nitrogens is 3. The largest absolute Gasteiger partial charge is 0.497 e. The molecule has 0 saturated carbocycles. The van der Waals surface area contributed by atoms with E-state index in [1.165, 1.54) is 11.8 Å². The Labute approximate surface area is 251 Å². The number of carbonyl (C=O) groups is 2. The van der Waals surface area contributed by atoms with Gasteiger partial charge in [-0.05, 0) is 48.4 Å². The van der Waals surface area contributed by atoms with Crippen LogP contribution in [0, 0.1) is 6.92 Å². The first-order valence-corrected chi connectivity index (χ1v) is 14.8. The second-order valence-electron chi connectivity index (χ2n) is 9.58. The number of hydrazone groups is 1. The lowest BCUT2D eigenvalue weighted by Crippen LogP contribution is -2.28. The Hall–Kier alpha value is -3.96. The molecule has 0 unspecified atom stereocenters. The molecule has 0 radical (unpaired) electrons. The second kappa shape index (κ2) is 12.7. The van der Waals surface area contributed by atoms with Gasteiger partial charge in [0.15, 0.2) is 11.0 Å². The molecule has 11 heteroatoms. The third kappa shape index (κ3) is 6.68. The van der Waals surface area contributed by atoms with Gasteiger partial charge in [0, 0.05) is 23.5 Å². The zero-order valence-electron chi connectivity index (χ0n) is 22.9. The number of hydrogen-bond donors (Lipinski definition) is 1.